The molecule has 1 aromatic heterocycles. The summed E-state index contributed by atoms with van der Waals surface area (Å²) in [4.78, 5) is 4.07. The van der Waals surface area contributed by atoms with Gasteiger partial charge in [0.15, 0.2) is 0 Å². The van der Waals surface area contributed by atoms with Crippen LogP contribution >= 0.6 is 0 Å². The maximum Gasteiger partial charge on any atom is 0.149 e. The van der Waals surface area contributed by atoms with Gasteiger partial charge in [0.25, 0.3) is 0 Å². The van der Waals surface area contributed by atoms with Crippen molar-refractivity contribution < 1.29 is 4.74 Å². The van der Waals surface area contributed by atoms with Crippen LogP contribution in [-0.4, -0.2) is 24.7 Å². The van der Waals surface area contributed by atoms with Crippen molar-refractivity contribution in [2.24, 2.45) is 0 Å². The van der Waals surface area contributed by atoms with Gasteiger partial charge in [0.2, 0.25) is 0 Å². The fourth-order valence-corrected chi connectivity index (χ4v) is 0.916. The van der Waals surface area contributed by atoms with Crippen molar-refractivity contribution in [2.45, 2.75) is 13.0 Å². The van der Waals surface area contributed by atoms with Crippen molar-refractivity contribution in [1.82, 2.24) is 4.98 Å². The number of nitrogens with zero attached hydrogens (tertiary/aromatic N) is 1. The van der Waals surface area contributed by atoms with Crippen molar-refractivity contribution in [2.75, 3.05) is 30.4 Å². The minimum atomic E-state index is 0.135. The van der Waals surface area contributed by atoms with Crippen molar-refractivity contribution in [3.8, 4) is 0 Å². The summed E-state index contributed by atoms with van der Waals surface area (Å²) in [6.45, 7) is 2.65. The SMILES string of the molecule is COC(C)CNc1ccc(N)c(N)n1. The van der Waals surface area contributed by atoms with Gasteiger partial charge in [-0.05, 0) is 19.1 Å². The third kappa shape index (κ3) is 2.77. The van der Waals surface area contributed by atoms with Gasteiger partial charge in [-0.25, -0.2) is 4.98 Å². The van der Waals surface area contributed by atoms with Gasteiger partial charge >= 0.3 is 0 Å². The molecule has 0 spiro atoms. The molecule has 14 heavy (non-hydrogen) atoms. The number of rotatable bonds is 4. The van der Waals surface area contributed by atoms with Gasteiger partial charge in [0, 0.05) is 13.7 Å². The van der Waals surface area contributed by atoms with Crippen LogP contribution < -0.4 is 16.8 Å². The van der Waals surface area contributed by atoms with E-state index in [1.54, 1.807) is 19.2 Å². The second kappa shape index (κ2) is 4.66. The second-order valence-electron chi connectivity index (χ2n) is 3.10. The number of methoxy groups -OCH3 is 1. The zero-order valence-corrected chi connectivity index (χ0v) is 8.45. The topological polar surface area (TPSA) is 86.2 Å². The van der Waals surface area contributed by atoms with Gasteiger partial charge in [-0.2, -0.15) is 0 Å². The van der Waals surface area contributed by atoms with Crippen LogP contribution in [0.2, 0.25) is 0 Å². The van der Waals surface area contributed by atoms with Gasteiger partial charge in [-0.1, -0.05) is 0 Å². The number of anilines is 3. The third-order valence-corrected chi connectivity index (χ3v) is 1.93. The van der Waals surface area contributed by atoms with E-state index < -0.39 is 0 Å². The number of nitrogens with two attached hydrogens (primary N) is 2. The smallest absolute Gasteiger partial charge is 0.149 e. The normalized spacial score (nSPS) is 12.4. The molecule has 1 aromatic rings. The molecule has 5 nitrogen and oxygen atoms in total. The Balaban J connectivity index is 2.55. The lowest BCUT2D eigenvalue weighted by molar-refractivity contribution is 0.128. The van der Waals surface area contributed by atoms with Gasteiger partial charge in [0.05, 0.1) is 11.8 Å². The molecular weight excluding hydrogens is 180 g/mol. The molecule has 1 atom stereocenters. The van der Waals surface area contributed by atoms with E-state index in [4.69, 9.17) is 16.2 Å². The molecule has 0 amide bonds. The average molecular weight is 196 g/mol. The van der Waals surface area contributed by atoms with E-state index in [-0.39, 0.29) is 6.10 Å². The molecule has 0 saturated heterocycles. The van der Waals surface area contributed by atoms with E-state index in [2.05, 4.69) is 10.3 Å². The Kier molecular flexibility index (Phi) is 3.53. The summed E-state index contributed by atoms with van der Waals surface area (Å²) in [7, 11) is 1.66. The van der Waals surface area contributed by atoms with Crippen molar-refractivity contribution in [1.29, 1.82) is 0 Å². The largest absolute Gasteiger partial charge is 0.396 e. The van der Waals surface area contributed by atoms with Crippen molar-refractivity contribution in [3.05, 3.63) is 12.1 Å². The molecule has 0 aliphatic heterocycles. The second-order valence-corrected chi connectivity index (χ2v) is 3.10. The van der Waals surface area contributed by atoms with E-state index in [1.807, 2.05) is 6.92 Å². The number of nitrogen functional groups attached to an aromatic ring is 2. The van der Waals surface area contributed by atoms with Crippen LogP contribution in [0.3, 0.4) is 0 Å². The van der Waals surface area contributed by atoms with Gasteiger partial charge in [-0.15, -0.1) is 0 Å². The predicted octanol–water partition coefficient (Wildman–Crippen LogP) is 0.693. The monoisotopic (exact) mass is 196 g/mol. The van der Waals surface area contributed by atoms with E-state index >= 15 is 0 Å². The molecule has 0 aliphatic carbocycles. The zero-order chi connectivity index (χ0) is 10.6. The number of aromatic nitrogens is 1. The lowest BCUT2D eigenvalue weighted by Gasteiger charge is -2.11. The van der Waals surface area contributed by atoms with E-state index in [9.17, 15) is 0 Å². The summed E-state index contributed by atoms with van der Waals surface area (Å²) in [5, 5.41) is 3.09. The Labute approximate surface area is 83.5 Å². The summed E-state index contributed by atoms with van der Waals surface area (Å²) >= 11 is 0. The van der Waals surface area contributed by atoms with Gasteiger partial charge in [0.1, 0.15) is 11.6 Å². The highest BCUT2D eigenvalue weighted by atomic mass is 16.5. The molecule has 0 saturated carbocycles. The quantitative estimate of drug-likeness (QED) is 0.659. The number of nitrogens with one attached hydrogen (secondary N) is 1. The van der Waals surface area contributed by atoms with Crippen LogP contribution in [0.5, 0.6) is 0 Å². The molecule has 0 aliphatic rings. The number of hydrogen-bond acceptors (Lipinski definition) is 5. The molecule has 0 fully saturated rings. The molecule has 0 aromatic carbocycles. The molecule has 5 heteroatoms. The molecule has 1 heterocycles. The molecule has 0 bridgehead atoms. The Morgan fingerprint density at radius 2 is 2.21 bits per heavy atom. The highest BCUT2D eigenvalue weighted by Gasteiger charge is 2.01. The molecule has 1 rings (SSSR count). The summed E-state index contributed by atoms with van der Waals surface area (Å²) in [6, 6.07) is 3.51. The maximum absolute atomic E-state index is 5.55. The van der Waals surface area contributed by atoms with Crippen LogP contribution in [0.1, 0.15) is 6.92 Å². The van der Waals surface area contributed by atoms with Gasteiger partial charge < -0.3 is 21.5 Å². The highest BCUT2D eigenvalue weighted by molar-refractivity contribution is 5.61. The fraction of sp³-hybridized carbons (Fsp3) is 0.444. The van der Waals surface area contributed by atoms with Crippen molar-refractivity contribution in [3.63, 3.8) is 0 Å². The Bertz CT molecular complexity index is 303. The van der Waals surface area contributed by atoms with Crippen LogP contribution in [-0.2, 0) is 4.74 Å². The average Bonchev–Trinajstić information content (AvgIpc) is 2.19. The molecular formula is C9H16N4O. The van der Waals surface area contributed by atoms with Crippen LogP contribution in [0.4, 0.5) is 17.3 Å². The highest BCUT2D eigenvalue weighted by Crippen LogP contribution is 2.14. The molecule has 5 N–H and O–H groups in total. The van der Waals surface area contributed by atoms with E-state index in [0.29, 0.717) is 23.9 Å². The summed E-state index contributed by atoms with van der Waals surface area (Å²) in [5.41, 5.74) is 11.6. The van der Waals surface area contributed by atoms with E-state index in [0.717, 1.165) is 0 Å². The van der Waals surface area contributed by atoms with E-state index in [1.165, 1.54) is 0 Å². The number of ether oxygens (including phenoxy) is 1. The standard InChI is InChI=1S/C9H16N4O/c1-6(14-2)5-12-8-4-3-7(10)9(11)13-8/h3-4,6H,5,10H2,1-2H3,(H3,11,12,13). The molecule has 0 radical (unpaired) electrons. The summed E-state index contributed by atoms with van der Waals surface area (Å²) in [5.74, 6) is 1.06. The summed E-state index contributed by atoms with van der Waals surface area (Å²) < 4.78 is 5.08. The third-order valence-electron chi connectivity index (χ3n) is 1.93. The lowest BCUT2D eigenvalue weighted by atomic mass is 10.3. The van der Waals surface area contributed by atoms with Crippen LogP contribution in [0, 0.1) is 0 Å². The summed E-state index contributed by atoms with van der Waals surface area (Å²) in [6.07, 6.45) is 0.135. The predicted molar refractivity (Wildman–Crippen MR) is 58.0 cm³/mol. The molecule has 78 valence electrons. The molecule has 1 unspecified atom stereocenters. The number of pyridine rings is 1. The minimum Gasteiger partial charge on any atom is -0.396 e. The first kappa shape index (κ1) is 10.6. The number of hydrogen-bond donors (Lipinski definition) is 3. The zero-order valence-electron chi connectivity index (χ0n) is 8.45. The Morgan fingerprint density at radius 3 is 2.79 bits per heavy atom. The Morgan fingerprint density at radius 1 is 1.50 bits per heavy atom. The minimum absolute atomic E-state index is 0.135. The first-order chi connectivity index (χ1) is 6.63. The van der Waals surface area contributed by atoms with Crippen molar-refractivity contribution >= 4 is 17.3 Å². The fourth-order valence-electron chi connectivity index (χ4n) is 0.916. The first-order valence-electron chi connectivity index (χ1n) is 4.42. The Hall–Kier alpha value is -1.49. The van der Waals surface area contributed by atoms with Gasteiger partial charge in [-0.3, -0.25) is 0 Å². The van der Waals surface area contributed by atoms with Crippen LogP contribution in [0.25, 0.3) is 0 Å². The first-order valence-corrected chi connectivity index (χ1v) is 4.42. The van der Waals surface area contributed by atoms with Crippen LogP contribution in [0.15, 0.2) is 12.1 Å². The lowest BCUT2D eigenvalue weighted by Crippen LogP contribution is -2.18. The maximum atomic E-state index is 5.55.